The Bertz CT molecular complexity index is 2010. The van der Waals surface area contributed by atoms with Crippen LogP contribution in [0.3, 0.4) is 0 Å². The molecule has 53 heavy (non-hydrogen) atoms. The third kappa shape index (κ3) is 9.75. The fourth-order valence-electron chi connectivity index (χ4n) is 7.06. The van der Waals surface area contributed by atoms with Crippen LogP contribution in [0.5, 0.6) is 0 Å². The van der Waals surface area contributed by atoms with Crippen molar-refractivity contribution in [2.24, 2.45) is 0 Å². The van der Waals surface area contributed by atoms with Crippen LogP contribution in [0.1, 0.15) is 79.2 Å². The number of hydrogen-bond acceptors (Lipinski definition) is 12. The molecule has 292 valence electrons. The topological polar surface area (TPSA) is 189 Å². The molecule has 7 N–H and O–H groups in total. The quantitative estimate of drug-likeness (QED) is 0.115. The van der Waals surface area contributed by atoms with Gasteiger partial charge in [-0.1, -0.05) is 40.0 Å². The summed E-state index contributed by atoms with van der Waals surface area (Å²) in [5, 5.41) is 8.68. The largest absolute Gasteiger partial charge is 0.368 e. The van der Waals surface area contributed by atoms with Crippen LogP contribution in [0.2, 0.25) is 0 Å². The van der Waals surface area contributed by atoms with E-state index >= 15 is 0 Å². The highest BCUT2D eigenvalue weighted by Gasteiger charge is 2.26. The van der Waals surface area contributed by atoms with Crippen molar-refractivity contribution in [3.63, 3.8) is 0 Å². The van der Waals surface area contributed by atoms with Gasteiger partial charge in [-0.15, -0.1) is 0 Å². The Morgan fingerprint density at radius 1 is 0.698 bits per heavy atom. The molecule has 4 heterocycles. The first-order valence-corrected chi connectivity index (χ1v) is 18.8. The summed E-state index contributed by atoms with van der Waals surface area (Å²) in [6.45, 7) is 1.92. The molecule has 2 aliphatic rings. The summed E-state index contributed by atoms with van der Waals surface area (Å²) < 4.78 is 27.5. The van der Waals surface area contributed by atoms with Crippen molar-refractivity contribution in [3.8, 4) is 0 Å². The molecule has 0 amide bonds. The van der Waals surface area contributed by atoms with E-state index in [9.17, 15) is 8.42 Å². The lowest BCUT2D eigenvalue weighted by molar-refractivity contribution is 0.221. The number of anilines is 4. The maximum absolute atomic E-state index is 13.2. The van der Waals surface area contributed by atoms with E-state index in [0.717, 1.165) is 48.1 Å². The zero-order valence-corrected chi connectivity index (χ0v) is 30.4. The number of aryl methyl sites for hydroxylation is 1. The predicted molar refractivity (Wildman–Crippen MR) is 221 cm³/mol. The number of aromatic nitrogens is 6. The molecular formula is C38H62N12O2S. The van der Waals surface area contributed by atoms with Gasteiger partial charge in [0.05, 0.1) is 15.7 Å². The summed E-state index contributed by atoms with van der Waals surface area (Å²) >= 11 is 0. The molecule has 0 spiro atoms. The molecule has 2 fully saturated rings. The lowest BCUT2D eigenvalue weighted by atomic mass is 9.90. The Morgan fingerprint density at radius 2 is 1.19 bits per heavy atom. The van der Waals surface area contributed by atoms with E-state index in [1.165, 1.54) is 35.9 Å². The second-order valence-electron chi connectivity index (χ2n) is 14.0. The van der Waals surface area contributed by atoms with Gasteiger partial charge in [0.1, 0.15) is 17.3 Å². The van der Waals surface area contributed by atoms with Crippen molar-refractivity contribution in [2.75, 3.05) is 50.3 Å². The van der Waals surface area contributed by atoms with Crippen molar-refractivity contribution in [1.29, 1.82) is 0 Å². The van der Waals surface area contributed by atoms with Gasteiger partial charge in [0.15, 0.2) is 5.65 Å². The van der Waals surface area contributed by atoms with E-state index in [1.807, 2.05) is 19.2 Å². The number of benzene rings is 1. The number of nitrogens with zero attached hydrogens (tertiary/aromatic N) is 7. The molecule has 2 aliphatic carbocycles. The molecule has 0 radical (unpaired) electrons. The molecule has 1 aromatic carbocycles. The van der Waals surface area contributed by atoms with Crippen LogP contribution in [0, 0.1) is 6.92 Å². The lowest BCUT2D eigenvalue weighted by Crippen LogP contribution is -2.36. The number of nitrogens with two attached hydrogens (primary N) is 2. The number of nitrogen functional groups attached to an aromatic ring is 2. The summed E-state index contributed by atoms with van der Waals surface area (Å²) in [5.41, 5.74) is 13.8. The van der Waals surface area contributed by atoms with Gasteiger partial charge in [-0.25, -0.2) is 12.4 Å². The van der Waals surface area contributed by atoms with Gasteiger partial charge in [-0.05, 0) is 111 Å². The van der Waals surface area contributed by atoms with E-state index in [2.05, 4.69) is 73.5 Å². The van der Waals surface area contributed by atoms with E-state index in [4.69, 9.17) is 11.5 Å². The number of H-pyrrole nitrogens is 1. The summed E-state index contributed by atoms with van der Waals surface area (Å²) in [6.07, 6.45) is 12.4. The normalized spacial score (nSPS) is 20.1. The second-order valence-corrected chi connectivity index (χ2v) is 15.8. The molecule has 7 rings (SSSR count). The Kier molecular flexibility index (Phi) is 14.6. The van der Waals surface area contributed by atoms with Crippen LogP contribution in [0.25, 0.3) is 22.1 Å². The number of rotatable bonds is 8. The predicted octanol–water partition coefficient (Wildman–Crippen LogP) is 6.58. The second kappa shape index (κ2) is 18.0. The number of hydrogen-bond donors (Lipinski definition) is 5. The fraction of sp³-hybridized carbons (Fsp3) is 0.526. The molecular weight excluding hydrogens is 689 g/mol. The van der Waals surface area contributed by atoms with Crippen LogP contribution in [0.15, 0.2) is 53.7 Å². The van der Waals surface area contributed by atoms with E-state index < -0.39 is 10.0 Å². The third-order valence-corrected chi connectivity index (χ3v) is 11.8. The highest BCUT2D eigenvalue weighted by molar-refractivity contribution is 7.90. The molecule has 0 saturated heterocycles. The Labute approximate surface area is 316 Å². The highest BCUT2D eigenvalue weighted by atomic mass is 32.2. The minimum Gasteiger partial charge on any atom is -0.368 e. The number of fused-ring (bicyclic) bond motifs is 2. The molecule has 4 aromatic heterocycles. The van der Waals surface area contributed by atoms with Gasteiger partial charge < -0.3 is 36.9 Å². The molecule has 0 aliphatic heterocycles. The first kappa shape index (κ1) is 42.9. The van der Waals surface area contributed by atoms with Gasteiger partial charge >= 0.3 is 0 Å². The monoisotopic (exact) mass is 750 g/mol. The SMILES string of the molecule is C.C.C.CN(C)C1CCC(Nc2nc(N)nc3[nH]ccc23)CC1.Cc1ccc(S(=O)(=O)n2ccc3c(NC4CCC(N(C)C)CC4)nc(N)nc32)cc1. The highest BCUT2D eigenvalue weighted by Crippen LogP contribution is 2.30. The summed E-state index contributed by atoms with van der Waals surface area (Å²) in [7, 11) is 4.77. The fourth-order valence-corrected chi connectivity index (χ4v) is 8.36. The third-order valence-electron chi connectivity index (χ3n) is 10.1. The number of aromatic amines is 1. The smallest absolute Gasteiger partial charge is 0.269 e. The molecule has 15 heteroatoms. The van der Waals surface area contributed by atoms with Crippen molar-refractivity contribution in [1.82, 2.24) is 38.7 Å². The lowest BCUT2D eigenvalue weighted by Gasteiger charge is -2.33. The van der Waals surface area contributed by atoms with Gasteiger partial charge in [0.2, 0.25) is 11.9 Å². The summed E-state index contributed by atoms with van der Waals surface area (Å²) in [5.74, 6) is 1.79. The van der Waals surface area contributed by atoms with Crippen LogP contribution in [-0.2, 0) is 10.0 Å². The average molecular weight is 751 g/mol. The van der Waals surface area contributed by atoms with Gasteiger partial charge in [-0.2, -0.15) is 19.9 Å². The molecule has 14 nitrogen and oxygen atoms in total. The van der Waals surface area contributed by atoms with E-state index in [-0.39, 0.29) is 44.8 Å². The minimum atomic E-state index is -3.78. The van der Waals surface area contributed by atoms with Gasteiger partial charge in [0.25, 0.3) is 10.0 Å². The van der Waals surface area contributed by atoms with Crippen LogP contribution >= 0.6 is 0 Å². The van der Waals surface area contributed by atoms with Crippen LogP contribution in [0.4, 0.5) is 23.5 Å². The van der Waals surface area contributed by atoms with E-state index in [1.54, 1.807) is 30.3 Å². The average Bonchev–Trinajstić information content (AvgIpc) is 3.74. The van der Waals surface area contributed by atoms with Gasteiger partial charge in [-0.3, -0.25) is 0 Å². The maximum Gasteiger partial charge on any atom is 0.269 e. The van der Waals surface area contributed by atoms with E-state index in [0.29, 0.717) is 35.3 Å². The molecule has 0 bridgehead atoms. The van der Waals surface area contributed by atoms with Crippen LogP contribution in [-0.4, -0.2) is 99.5 Å². The Balaban J connectivity index is 0.000000289. The first-order valence-electron chi connectivity index (χ1n) is 17.3. The standard InChI is InChI=1S/C21H28N6O2S.C14H22N6.3CH4/c1-14-4-10-17(11-5-14)30(28,29)27-13-12-18-19(24-21(22)25-20(18)27)23-15-6-8-16(9-7-15)26(2)3;1-20(2)10-5-3-9(4-6-10)17-13-11-7-8-16-12(11)18-14(15)19-13;;;/h4-5,10-13,15-16H,6-9H2,1-3H3,(H3,22,23,24,25);7-10H,3-6H2,1-2H3,(H4,15,16,17,18,19);3*1H4. The summed E-state index contributed by atoms with van der Waals surface area (Å²) in [6, 6.07) is 12.5. The maximum atomic E-state index is 13.2. The first-order chi connectivity index (χ1) is 23.9. The molecule has 0 unspecified atom stereocenters. The summed E-state index contributed by atoms with van der Waals surface area (Å²) in [4.78, 5) is 25.0. The minimum absolute atomic E-state index is 0. The van der Waals surface area contributed by atoms with Crippen molar-refractivity contribution in [2.45, 2.75) is 110 Å². The zero-order valence-electron chi connectivity index (χ0n) is 29.6. The number of nitrogens with one attached hydrogen (secondary N) is 3. The van der Waals surface area contributed by atoms with Crippen molar-refractivity contribution in [3.05, 3.63) is 54.4 Å². The molecule has 0 atom stereocenters. The van der Waals surface area contributed by atoms with Gasteiger partial charge in [0, 0.05) is 36.6 Å². The van der Waals surface area contributed by atoms with Crippen molar-refractivity contribution < 1.29 is 8.42 Å². The molecule has 5 aromatic rings. The van der Waals surface area contributed by atoms with Crippen LogP contribution < -0.4 is 22.1 Å². The van der Waals surface area contributed by atoms with Crippen molar-refractivity contribution >= 4 is 55.6 Å². The molecule has 2 saturated carbocycles. The zero-order chi connectivity index (χ0) is 35.6. The Morgan fingerprint density at radius 3 is 1.70 bits per heavy atom. The Hall–Kier alpha value is -4.47.